The fourth-order valence-electron chi connectivity index (χ4n) is 3.83. The van der Waals surface area contributed by atoms with E-state index in [1.165, 1.54) is 0 Å². The Balaban J connectivity index is 1.42. The lowest BCUT2D eigenvalue weighted by Gasteiger charge is -2.37. The number of hydrogen-bond donors (Lipinski definition) is 2. The zero-order valence-corrected chi connectivity index (χ0v) is 17.1. The lowest BCUT2D eigenvalue weighted by Crippen LogP contribution is -2.49. The van der Waals surface area contributed by atoms with E-state index in [4.69, 9.17) is 0 Å². The van der Waals surface area contributed by atoms with Gasteiger partial charge in [0.05, 0.1) is 4.90 Å². The number of nitrogens with zero attached hydrogens (tertiary/aromatic N) is 1. The van der Waals surface area contributed by atoms with E-state index in [-0.39, 0.29) is 22.9 Å². The van der Waals surface area contributed by atoms with Crippen molar-refractivity contribution in [2.75, 3.05) is 13.1 Å². The molecule has 1 saturated heterocycles. The average molecular weight is 414 g/mol. The molecule has 1 amide bonds. The third-order valence-corrected chi connectivity index (χ3v) is 7.09. The van der Waals surface area contributed by atoms with Crippen molar-refractivity contribution in [3.63, 3.8) is 0 Å². The molecule has 1 aliphatic carbocycles. The molecule has 2 aliphatic rings. The van der Waals surface area contributed by atoms with Gasteiger partial charge in [-0.1, -0.05) is 48.5 Å². The molecule has 0 aromatic heterocycles. The summed E-state index contributed by atoms with van der Waals surface area (Å²) in [4.78, 5) is 15.4. The van der Waals surface area contributed by atoms with Crippen LogP contribution in [0.15, 0.2) is 65.6 Å². The van der Waals surface area contributed by atoms with Gasteiger partial charge in [0.15, 0.2) is 0 Å². The summed E-state index contributed by atoms with van der Waals surface area (Å²) in [7, 11) is -3.52. The predicted molar refractivity (Wildman–Crippen MR) is 112 cm³/mol. The van der Waals surface area contributed by atoms with Crippen LogP contribution in [0.3, 0.4) is 0 Å². The zero-order valence-electron chi connectivity index (χ0n) is 16.3. The van der Waals surface area contributed by atoms with E-state index in [2.05, 4.69) is 14.9 Å². The Bertz CT molecular complexity index is 922. The number of amides is 1. The van der Waals surface area contributed by atoms with Gasteiger partial charge in [-0.15, -0.1) is 0 Å². The van der Waals surface area contributed by atoms with Crippen LogP contribution in [-0.2, 0) is 14.8 Å². The Morgan fingerprint density at radius 3 is 2.03 bits per heavy atom. The van der Waals surface area contributed by atoms with Crippen molar-refractivity contribution in [3.05, 3.63) is 66.2 Å². The number of likely N-dealkylation sites (tertiary alicyclic amines) is 1. The SMILES string of the molecule is O=C(NC1CC1)C(c1ccccc1)N1CCC(NS(=O)(=O)c2ccccc2)CC1. The minimum atomic E-state index is -3.52. The first-order valence-corrected chi connectivity index (χ1v) is 11.7. The Morgan fingerprint density at radius 1 is 0.862 bits per heavy atom. The topological polar surface area (TPSA) is 78.5 Å². The maximum Gasteiger partial charge on any atom is 0.242 e. The molecule has 2 aromatic carbocycles. The van der Waals surface area contributed by atoms with Crippen LogP contribution in [-0.4, -0.2) is 44.4 Å². The standard InChI is InChI=1S/C22H27N3O3S/c26-22(23-18-11-12-18)21(17-7-3-1-4-8-17)25-15-13-19(14-16-25)24-29(27,28)20-9-5-2-6-10-20/h1-10,18-19,21,24H,11-16H2,(H,23,26). The molecule has 1 atom stereocenters. The summed E-state index contributed by atoms with van der Waals surface area (Å²) in [6.45, 7) is 1.33. The van der Waals surface area contributed by atoms with Gasteiger partial charge in [-0.2, -0.15) is 0 Å². The van der Waals surface area contributed by atoms with Gasteiger partial charge >= 0.3 is 0 Å². The molecule has 1 saturated carbocycles. The van der Waals surface area contributed by atoms with E-state index in [9.17, 15) is 13.2 Å². The maximum absolute atomic E-state index is 12.9. The molecular formula is C22H27N3O3S. The van der Waals surface area contributed by atoms with Gasteiger partial charge in [0.1, 0.15) is 6.04 Å². The minimum Gasteiger partial charge on any atom is -0.352 e. The van der Waals surface area contributed by atoms with Crippen molar-refractivity contribution in [3.8, 4) is 0 Å². The summed E-state index contributed by atoms with van der Waals surface area (Å²) < 4.78 is 28.0. The molecule has 2 fully saturated rings. The van der Waals surface area contributed by atoms with Crippen LogP contribution in [0, 0.1) is 0 Å². The molecule has 1 heterocycles. The summed E-state index contributed by atoms with van der Waals surface area (Å²) in [6.07, 6.45) is 3.45. The maximum atomic E-state index is 12.9. The van der Waals surface area contributed by atoms with Crippen LogP contribution in [0.5, 0.6) is 0 Å². The molecule has 6 nitrogen and oxygen atoms in total. The Kier molecular flexibility index (Phi) is 5.99. The van der Waals surface area contributed by atoms with E-state index >= 15 is 0 Å². The highest BCUT2D eigenvalue weighted by atomic mass is 32.2. The highest BCUT2D eigenvalue weighted by molar-refractivity contribution is 7.89. The number of rotatable bonds is 7. The number of benzene rings is 2. The van der Waals surface area contributed by atoms with Crippen molar-refractivity contribution in [1.82, 2.24) is 14.9 Å². The van der Waals surface area contributed by atoms with E-state index in [1.807, 2.05) is 30.3 Å². The number of sulfonamides is 1. The number of hydrogen-bond acceptors (Lipinski definition) is 4. The van der Waals surface area contributed by atoms with E-state index in [0.717, 1.165) is 18.4 Å². The van der Waals surface area contributed by atoms with Gasteiger partial charge in [0.2, 0.25) is 15.9 Å². The summed E-state index contributed by atoms with van der Waals surface area (Å²) in [5.74, 6) is 0.0435. The first-order chi connectivity index (χ1) is 14.0. The van der Waals surface area contributed by atoms with Crippen molar-refractivity contribution < 1.29 is 13.2 Å². The lowest BCUT2D eigenvalue weighted by molar-refractivity contribution is -0.127. The smallest absolute Gasteiger partial charge is 0.242 e. The van der Waals surface area contributed by atoms with Crippen LogP contribution in [0.4, 0.5) is 0 Å². The van der Waals surface area contributed by atoms with Crippen molar-refractivity contribution in [2.45, 2.75) is 48.7 Å². The third kappa shape index (κ3) is 5.04. The Hall–Kier alpha value is -2.22. The normalized spacial score (nSPS) is 19.6. The molecule has 7 heteroatoms. The van der Waals surface area contributed by atoms with Crippen LogP contribution in [0.25, 0.3) is 0 Å². The fraction of sp³-hybridized carbons (Fsp3) is 0.409. The quantitative estimate of drug-likeness (QED) is 0.731. The van der Waals surface area contributed by atoms with Crippen molar-refractivity contribution in [1.29, 1.82) is 0 Å². The monoisotopic (exact) mass is 413 g/mol. The van der Waals surface area contributed by atoms with Gasteiger partial charge in [-0.3, -0.25) is 9.69 Å². The van der Waals surface area contributed by atoms with Crippen LogP contribution >= 0.6 is 0 Å². The van der Waals surface area contributed by atoms with Gasteiger partial charge < -0.3 is 5.32 Å². The number of carbonyl (C=O) groups is 1. The van der Waals surface area contributed by atoms with E-state index in [0.29, 0.717) is 32.0 Å². The van der Waals surface area contributed by atoms with E-state index in [1.54, 1.807) is 30.3 Å². The van der Waals surface area contributed by atoms with Gasteiger partial charge in [0.25, 0.3) is 0 Å². The second-order valence-electron chi connectivity index (χ2n) is 7.84. The molecule has 0 spiro atoms. The van der Waals surface area contributed by atoms with Crippen molar-refractivity contribution in [2.24, 2.45) is 0 Å². The van der Waals surface area contributed by atoms with Gasteiger partial charge in [-0.25, -0.2) is 13.1 Å². The minimum absolute atomic E-state index is 0.0435. The molecule has 1 unspecified atom stereocenters. The zero-order chi connectivity index (χ0) is 20.3. The summed E-state index contributed by atoms with van der Waals surface area (Å²) in [5.41, 5.74) is 0.981. The molecule has 29 heavy (non-hydrogen) atoms. The number of piperidine rings is 1. The Morgan fingerprint density at radius 2 is 1.45 bits per heavy atom. The summed E-state index contributed by atoms with van der Waals surface area (Å²) >= 11 is 0. The molecule has 0 bridgehead atoms. The third-order valence-electron chi connectivity index (χ3n) is 5.56. The van der Waals surface area contributed by atoms with Gasteiger partial charge in [0, 0.05) is 25.2 Å². The second kappa shape index (κ2) is 8.65. The van der Waals surface area contributed by atoms with Gasteiger partial charge in [-0.05, 0) is 43.4 Å². The summed E-state index contributed by atoms with van der Waals surface area (Å²) in [5, 5.41) is 3.13. The number of carbonyl (C=O) groups excluding carboxylic acids is 1. The molecule has 4 rings (SSSR count). The van der Waals surface area contributed by atoms with Crippen LogP contribution in [0.2, 0.25) is 0 Å². The lowest BCUT2D eigenvalue weighted by atomic mass is 9.99. The van der Waals surface area contributed by atoms with Crippen LogP contribution < -0.4 is 10.0 Å². The van der Waals surface area contributed by atoms with Crippen molar-refractivity contribution >= 4 is 15.9 Å². The molecule has 2 N–H and O–H groups in total. The predicted octanol–water partition coefficient (Wildman–Crippen LogP) is 2.45. The Labute approximate surface area is 172 Å². The molecular weight excluding hydrogens is 386 g/mol. The first kappa shape index (κ1) is 20.1. The van der Waals surface area contributed by atoms with E-state index < -0.39 is 10.0 Å². The highest BCUT2D eigenvalue weighted by Crippen LogP contribution is 2.28. The number of nitrogens with one attached hydrogen (secondary N) is 2. The largest absolute Gasteiger partial charge is 0.352 e. The molecule has 2 aromatic rings. The van der Waals surface area contributed by atoms with Crippen LogP contribution in [0.1, 0.15) is 37.3 Å². The molecule has 1 aliphatic heterocycles. The molecule has 154 valence electrons. The first-order valence-electron chi connectivity index (χ1n) is 10.2. The summed E-state index contributed by atoms with van der Waals surface area (Å²) in [6, 6.07) is 18.1. The average Bonchev–Trinajstić information content (AvgIpc) is 3.55. The molecule has 0 radical (unpaired) electrons. The fourth-order valence-corrected chi connectivity index (χ4v) is 5.16. The second-order valence-corrected chi connectivity index (χ2v) is 9.55. The highest BCUT2D eigenvalue weighted by Gasteiger charge is 2.34.